The fourth-order valence-electron chi connectivity index (χ4n) is 2.16. The summed E-state index contributed by atoms with van der Waals surface area (Å²) < 4.78 is 1.46. The first-order chi connectivity index (χ1) is 12.3. The third-order valence-electron chi connectivity index (χ3n) is 3.39. The van der Waals surface area contributed by atoms with Gasteiger partial charge in [0.1, 0.15) is 6.33 Å². The van der Waals surface area contributed by atoms with Gasteiger partial charge in [0.15, 0.2) is 5.16 Å². The number of hydrogen-bond donors (Lipinski definition) is 0. The third kappa shape index (κ3) is 5.02. The molecule has 0 atom stereocenters. The van der Waals surface area contributed by atoms with Crippen molar-refractivity contribution in [1.82, 2.24) is 14.8 Å². The zero-order valence-electron chi connectivity index (χ0n) is 13.5. The molecule has 0 aliphatic rings. The van der Waals surface area contributed by atoms with E-state index in [9.17, 15) is 4.79 Å². The fraction of sp³-hybridized carbons (Fsp3) is 0.0500. The molecule has 2 aromatic carbocycles. The van der Waals surface area contributed by atoms with Crippen LogP contribution < -0.4 is 0 Å². The number of carbonyl (C=O) groups excluding carboxylic acids is 1. The maximum atomic E-state index is 12.3. The standard InChI is InChI=1S/C20H17N3OS/c24-19(14-13-18-10-5-2-6-11-18)23-16-21-22-20(23)25-15-7-12-17-8-3-1-4-9-17/h1-14,16H,15H2/b12-7-,14-13+. The summed E-state index contributed by atoms with van der Waals surface area (Å²) in [6.07, 6.45) is 8.85. The Bertz CT molecular complexity index is 870. The van der Waals surface area contributed by atoms with E-state index in [0.717, 1.165) is 11.1 Å². The third-order valence-corrected chi connectivity index (χ3v) is 4.29. The van der Waals surface area contributed by atoms with Crippen molar-refractivity contribution in [3.63, 3.8) is 0 Å². The van der Waals surface area contributed by atoms with E-state index in [1.807, 2.05) is 72.8 Å². The summed E-state index contributed by atoms with van der Waals surface area (Å²) >= 11 is 1.47. The van der Waals surface area contributed by atoms with E-state index in [2.05, 4.69) is 10.2 Å². The van der Waals surface area contributed by atoms with Crippen molar-refractivity contribution in [2.75, 3.05) is 5.75 Å². The molecule has 0 saturated heterocycles. The van der Waals surface area contributed by atoms with Crippen LogP contribution in [0, 0.1) is 0 Å². The molecule has 0 unspecified atom stereocenters. The van der Waals surface area contributed by atoms with E-state index < -0.39 is 0 Å². The van der Waals surface area contributed by atoms with Gasteiger partial charge in [-0.25, -0.2) is 4.57 Å². The first kappa shape index (κ1) is 16.9. The molecule has 0 fully saturated rings. The average Bonchev–Trinajstić information content (AvgIpc) is 3.14. The van der Waals surface area contributed by atoms with E-state index in [4.69, 9.17) is 0 Å². The number of allylic oxidation sites excluding steroid dienone is 1. The molecule has 0 N–H and O–H groups in total. The van der Waals surface area contributed by atoms with Crippen molar-refractivity contribution in [2.24, 2.45) is 0 Å². The first-order valence-corrected chi connectivity index (χ1v) is 8.83. The second kappa shape index (κ2) is 8.80. The summed E-state index contributed by atoms with van der Waals surface area (Å²) in [5.41, 5.74) is 2.12. The zero-order chi connectivity index (χ0) is 17.3. The number of hydrogen-bond acceptors (Lipinski definition) is 4. The lowest BCUT2D eigenvalue weighted by Crippen LogP contribution is -2.07. The van der Waals surface area contributed by atoms with Gasteiger partial charge in [0.25, 0.3) is 5.91 Å². The van der Waals surface area contributed by atoms with Crippen LogP contribution in [-0.4, -0.2) is 26.4 Å². The molecule has 0 aliphatic heterocycles. The summed E-state index contributed by atoms with van der Waals surface area (Å²) in [5.74, 6) is 0.548. The fourth-order valence-corrected chi connectivity index (χ4v) is 2.88. The monoisotopic (exact) mass is 347 g/mol. The molecule has 0 radical (unpaired) electrons. The minimum atomic E-state index is -0.164. The van der Waals surface area contributed by atoms with Gasteiger partial charge in [0.05, 0.1) is 0 Å². The van der Waals surface area contributed by atoms with E-state index in [0.29, 0.717) is 10.9 Å². The van der Waals surface area contributed by atoms with Gasteiger partial charge < -0.3 is 0 Å². The lowest BCUT2D eigenvalue weighted by Gasteiger charge is -2.00. The highest BCUT2D eigenvalue weighted by Gasteiger charge is 2.09. The van der Waals surface area contributed by atoms with Gasteiger partial charge in [0, 0.05) is 11.8 Å². The Kier molecular flexibility index (Phi) is 5.96. The number of benzene rings is 2. The lowest BCUT2D eigenvalue weighted by atomic mass is 10.2. The molecule has 3 aromatic rings. The largest absolute Gasteiger partial charge is 0.269 e. The van der Waals surface area contributed by atoms with Crippen molar-refractivity contribution < 1.29 is 4.79 Å². The average molecular weight is 347 g/mol. The lowest BCUT2D eigenvalue weighted by molar-refractivity contribution is 0.0960. The van der Waals surface area contributed by atoms with Gasteiger partial charge in [-0.3, -0.25) is 4.79 Å². The van der Waals surface area contributed by atoms with Crippen molar-refractivity contribution in [1.29, 1.82) is 0 Å². The summed E-state index contributed by atoms with van der Waals surface area (Å²) in [5, 5.41) is 8.46. The SMILES string of the molecule is O=C(/C=C/c1ccccc1)n1cnnc1SC/C=C\c1ccccc1. The van der Waals surface area contributed by atoms with Crippen LogP contribution in [0.15, 0.2) is 84.3 Å². The van der Waals surface area contributed by atoms with Crippen molar-refractivity contribution in [3.05, 3.63) is 90.3 Å². The van der Waals surface area contributed by atoms with Crippen LogP contribution in [0.3, 0.4) is 0 Å². The molecular formula is C20H17N3OS. The van der Waals surface area contributed by atoms with E-state index in [1.165, 1.54) is 28.7 Å². The van der Waals surface area contributed by atoms with Gasteiger partial charge in [-0.2, -0.15) is 0 Å². The Morgan fingerprint density at radius 2 is 1.60 bits per heavy atom. The minimum Gasteiger partial charge on any atom is -0.269 e. The van der Waals surface area contributed by atoms with Crippen LogP contribution in [0.4, 0.5) is 0 Å². The molecule has 3 rings (SSSR count). The molecular weight excluding hydrogens is 330 g/mol. The molecule has 0 bridgehead atoms. The molecule has 25 heavy (non-hydrogen) atoms. The predicted molar refractivity (Wildman–Crippen MR) is 102 cm³/mol. The Morgan fingerprint density at radius 3 is 2.28 bits per heavy atom. The molecule has 1 heterocycles. The molecule has 0 amide bonds. The highest BCUT2D eigenvalue weighted by Crippen LogP contribution is 2.16. The van der Waals surface area contributed by atoms with Crippen LogP contribution in [0.2, 0.25) is 0 Å². The number of thioether (sulfide) groups is 1. The molecule has 4 nitrogen and oxygen atoms in total. The highest BCUT2D eigenvalue weighted by molar-refractivity contribution is 7.99. The summed E-state index contributed by atoms with van der Waals surface area (Å²) in [6, 6.07) is 19.8. The van der Waals surface area contributed by atoms with Gasteiger partial charge in [0.2, 0.25) is 0 Å². The molecule has 1 aromatic heterocycles. The minimum absolute atomic E-state index is 0.164. The second-order valence-corrected chi connectivity index (χ2v) is 6.18. The maximum absolute atomic E-state index is 12.3. The normalized spacial score (nSPS) is 11.4. The van der Waals surface area contributed by atoms with Crippen LogP contribution in [-0.2, 0) is 0 Å². The van der Waals surface area contributed by atoms with Gasteiger partial charge in [-0.1, -0.05) is 84.6 Å². The summed E-state index contributed by atoms with van der Waals surface area (Å²) in [7, 11) is 0. The van der Waals surface area contributed by atoms with Gasteiger partial charge >= 0.3 is 0 Å². The maximum Gasteiger partial charge on any atom is 0.258 e. The highest BCUT2D eigenvalue weighted by atomic mass is 32.2. The predicted octanol–water partition coefficient (Wildman–Crippen LogP) is 4.44. The van der Waals surface area contributed by atoms with Crippen molar-refractivity contribution >= 4 is 29.8 Å². The van der Waals surface area contributed by atoms with E-state index in [1.54, 1.807) is 6.08 Å². The summed E-state index contributed by atoms with van der Waals surface area (Å²) in [6.45, 7) is 0. The molecule has 124 valence electrons. The van der Waals surface area contributed by atoms with Crippen LogP contribution in [0.1, 0.15) is 15.9 Å². The molecule has 0 spiro atoms. The first-order valence-electron chi connectivity index (χ1n) is 7.85. The Labute approximate surface area is 150 Å². The Morgan fingerprint density at radius 1 is 0.960 bits per heavy atom. The number of carbonyl (C=O) groups is 1. The number of rotatable bonds is 6. The molecule has 5 heteroatoms. The zero-order valence-corrected chi connectivity index (χ0v) is 14.3. The smallest absolute Gasteiger partial charge is 0.258 e. The van der Waals surface area contributed by atoms with E-state index in [-0.39, 0.29) is 5.91 Å². The van der Waals surface area contributed by atoms with Crippen LogP contribution in [0.25, 0.3) is 12.2 Å². The van der Waals surface area contributed by atoms with Gasteiger partial charge in [-0.05, 0) is 17.2 Å². The summed E-state index contributed by atoms with van der Waals surface area (Å²) in [4.78, 5) is 12.3. The quantitative estimate of drug-likeness (QED) is 0.489. The second-order valence-electron chi connectivity index (χ2n) is 5.19. The molecule has 0 saturated carbocycles. The van der Waals surface area contributed by atoms with Crippen molar-refractivity contribution in [2.45, 2.75) is 5.16 Å². The topological polar surface area (TPSA) is 47.8 Å². The van der Waals surface area contributed by atoms with E-state index >= 15 is 0 Å². The Hall–Kier alpha value is -2.92. The Balaban J connectivity index is 1.59. The van der Waals surface area contributed by atoms with Crippen LogP contribution >= 0.6 is 11.8 Å². The number of nitrogens with zero attached hydrogens (tertiary/aromatic N) is 3. The molecule has 0 aliphatic carbocycles. The number of aromatic nitrogens is 3. The van der Waals surface area contributed by atoms with Crippen LogP contribution in [0.5, 0.6) is 0 Å². The van der Waals surface area contributed by atoms with Gasteiger partial charge in [-0.15, -0.1) is 10.2 Å². The van der Waals surface area contributed by atoms with Crippen molar-refractivity contribution in [3.8, 4) is 0 Å².